The predicted molar refractivity (Wildman–Crippen MR) is 22.4 cm³/mol. The minimum atomic E-state index is 0. The fourth-order valence-electron chi connectivity index (χ4n) is 0. The first-order valence-corrected chi connectivity index (χ1v) is 0. The van der Waals surface area contributed by atoms with Crippen LogP contribution in [0.5, 0.6) is 0 Å². The van der Waals surface area contributed by atoms with Gasteiger partial charge in [-0.15, -0.1) is 0 Å². The molecule has 0 aliphatic heterocycles. The molecule has 0 amide bonds. The summed E-state index contributed by atoms with van der Waals surface area (Å²) in [5.41, 5.74) is 0. The molecule has 0 bridgehead atoms. The minimum Gasteiger partial charge on any atom is -1.00 e. The van der Waals surface area contributed by atoms with E-state index in [1.165, 1.54) is 0 Å². The number of rotatable bonds is 0. The van der Waals surface area contributed by atoms with Crippen molar-refractivity contribution < 1.29 is 79.2 Å². The van der Waals surface area contributed by atoms with Crippen LogP contribution in [0, 0.1) is 0 Å². The van der Waals surface area contributed by atoms with E-state index >= 15 is 0 Å². The first-order chi connectivity index (χ1) is 0. The molecule has 43 valence electrons. The molecule has 0 spiro atoms. The standard InChI is InChI=1S/Ba.4H2O.Ti.Y.2H/h;4*1H2;;;;/q+2;;;;;;;2*-1. The van der Waals surface area contributed by atoms with E-state index in [1.54, 1.807) is 0 Å². The summed E-state index contributed by atoms with van der Waals surface area (Å²) in [5.74, 6) is 0. The maximum atomic E-state index is 0. The van der Waals surface area contributed by atoms with Crippen molar-refractivity contribution in [3.63, 3.8) is 0 Å². The first-order valence-electron chi connectivity index (χ1n) is 0. The van der Waals surface area contributed by atoms with Gasteiger partial charge < -0.3 is 24.8 Å². The molecule has 0 heterocycles. The zero-order valence-corrected chi connectivity index (χ0v) is 12.6. The van der Waals surface area contributed by atoms with Crippen molar-refractivity contribution >= 4 is 48.9 Å². The summed E-state index contributed by atoms with van der Waals surface area (Å²) in [5, 5.41) is 0. The molecule has 0 aromatic heterocycles. The molecule has 0 aromatic rings. The third-order valence-electron chi connectivity index (χ3n) is 0. The van der Waals surface area contributed by atoms with E-state index < -0.39 is 0 Å². The van der Waals surface area contributed by atoms with Crippen molar-refractivity contribution in [2.45, 2.75) is 0 Å². The minimum absolute atomic E-state index is 0. The summed E-state index contributed by atoms with van der Waals surface area (Å²) >= 11 is 0. The predicted octanol–water partition coefficient (Wildman–Crippen LogP) is -3.46. The monoisotopic (exact) mass is 349 g/mol. The van der Waals surface area contributed by atoms with E-state index in [-0.39, 0.29) is 128 Å². The van der Waals surface area contributed by atoms with Gasteiger partial charge in [-0.1, -0.05) is 0 Å². The first kappa shape index (κ1) is 83.5. The van der Waals surface area contributed by atoms with Gasteiger partial charge >= 0.3 is 48.9 Å². The Hall–Kier alpha value is 3.23. The molecular weight excluding hydrogens is 338 g/mol. The molecule has 7 heavy (non-hydrogen) atoms. The maximum Gasteiger partial charge on any atom is 2.00 e. The molecule has 0 aliphatic rings. The summed E-state index contributed by atoms with van der Waals surface area (Å²) in [6.45, 7) is 0. The molecular formula is H10BaO4TiY. The normalized spacial score (nSPS) is 0. The van der Waals surface area contributed by atoms with Crippen LogP contribution in [-0.2, 0) is 54.4 Å². The Balaban J connectivity index is 0. The van der Waals surface area contributed by atoms with Crippen LogP contribution in [0.4, 0.5) is 0 Å². The van der Waals surface area contributed by atoms with Crippen LogP contribution in [0.15, 0.2) is 0 Å². The van der Waals surface area contributed by atoms with Crippen LogP contribution in [0.1, 0.15) is 2.85 Å². The maximum absolute atomic E-state index is 0. The van der Waals surface area contributed by atoms with Gasteiger partial charge in [-0.05, 0) is 0 Å². The largest absolute Gasteiger partial charge is 2.00 e. The zero-order chi connectivity index (χ0) is 0. The molecule has 0 saturated carbocycles. The van der Waals surface area contributed by atoms with Crippen molar-refractivity contribution in [1.82, 2.24) is 0 Å². The van der Waals surface area contributed by atoms with Gasteiger partial charge in [0.1, 0.15) is 0 Å². The molecule has 0 aromatic carbocycles. The molecule has 0 saturated heterocycles. The molecule has 1 radical (unpaired) electrons. The van der Waals surface area contributed by atoms with Crippen LogP contribution in [-0.4, -0.2) is 70.8 Å². The summed E-state index contributed by atoms with van der Waals surface area (Å²) in [6, 6.07) is 0. The third kappa shape index (κ3) is 46.3. The second-order valence-electron chi connectivity index (χ2n) is 0. The Bertz CT molecular complexity index is 18.5. The fourth-order valence-corrected chi connectivity index (χ4v) is 0. The van der Waals surface area contributed by atoms with E-state index in [1.807, 2.05) is 0 Å². The Morgan fingerprint density at radius 2 is 0.714 bits per heavy atom. The summed E-state index contributed by atoms with van der Waals surface area (Å²) in [7, 11) is 0. The summed E-state index contributed by atoms with van der Waals surface area (Å²) in [6.07, 6.45) is 0. The number of hydrogen-bond acceptors (Lipinski definition) is 0. The van der Waals surface area contributed by atoms with Gasteiger partial charge in [-0.3, -0.25) is 0 Å². The van der Waals surface area contributed by atoms with E-state index in [0.29, 0.717) is 0 Å². The second-order valence-corrected chi connectivity index (χ2v) is 0. The van der Waals surface area contributed by atoms with Gasteiger partial charge in [0.15, 0.2) is 0 Å². The smallest absolute Gasteiger partial charge is 1.00 e. The Labute approximate surface area is 125 Å². The molecule has 0 aliphatic carbocycles. The van der Waals surface area contributed by atoms with Crippen LogP contribution in [0.3, 0.4) is 0 Å². The molecule has 0 unspecified atom stereocenters. The van der Waals surface area contributed by atoms with Crippen molar-refractivity contribution in [2.24, 2.45) is 0 Å². The van der Waals surface area contributed by atoms with Crippen LogP contribution >= 0.6 is 0 Å². The Morgan fingerprint density at radius 3 is 0.714 bits per heavy atom. The third-order valence-corrected chi connectivity index (χ3v) is 0. The average molecular weight is 348 g/mol. The van der Waals surface area contributed by atoms with Crippen LogP contribution in [0.2, 0.25) is 0 Å². The van der Waals surface area contributed by atoms with Gasteiger partial charge in [0.05, 0.1) is 0 Å². The van der Waals surface area contributed by atoms with Crippen LogP contribution < -0.4 is 0 Å². The van der Waals surface area contributed by atoms with E-state index in [2.05, 4.69) is 0 Å². The van der Waals surface area contributed by atoms with Crippen molar-refractivity contribution in [3.05, 3.63) is 0 Å². The molecule has 7 heteroatoms. The average Bonchev–Trinajstić information content (AvgIpc) is 0. The van der Waals surface area contributed by atoms with Gasteiger partial charge in [-0.2, -0.15) is 0 Å². The van der Waals surface area contributed by atoms with Gasteiger partial charge in [-0.25, -0.2) is 0 Å². The SMILES string of the molecule is O.O.O.O.[Ba+2].[H-].[H-].[Ti].[Y]. The Kier molecular flexibility index (Phi) is 715. The molecule has 8 N–H and O–H groups in total. The van der Waals surface area contributed by atoms with E-state index in [0.717, 1.165) is 0 Å². The quantitative estimate of drug-likeness (QED) is 0.404. The van der Waals surface area contributed by atoms with Crippen molar-refractivity contribution in [3.8, 4) is 0 Å². The topological polar surface area (TPSA) is 126 Å². The summed E-state index contributed by atoms with van der Waals surface area (Å²) in [4.78, 5) is 0. The second kappa shape index (κ2) is 59.9. The van der Waals surface area contributed by atoms with Gasteiger partial charge in [0.25, 0.3) is 0 Å². The van der Waals surface area contributed by atoms with E-state index in [4.69, 9.17) is 0 Å². The molecule has 0 fully saturated rings. The summed E-state index contributed by atoms with van der Waals surface area (Å²) < 4.78 is 0. The van der Waals surface area contributed by atoms with E-state index in [9.17, 15) is 0 Å². The van der Waals surface area contributed by atoms with Gasteiger partial charge in [0.2, 0.25) is 0 Å². The van der Waals surface area contributed by atoms with Crippen molar-refractivity contribution in [1.29, 1.82) is 0 Å². The fraction of sp³-hybridized carbons (Fsp3) is 0. The molecule has 0 atom stereocenters. The zero-order valence-electron chi connectivity index (χ0n) is 5.78. The van der Waals surface area contributed by atoms with Crippen molar-refractivity contribution in [2.75, 3.05) is 0 Å². The van der Waals surface area contributed by atoms with Crippen LogP contribution in [0.25, 0.3) is 0 Å². The molecule has 4 nitrogen and oxygen atoms in total. The number of hydrogen-bond donors (Lipinski definition) is 0. The van der Waals surface area contributed by atoms with Gasteiger partial charge in [0, 0.05) is 54.4 Å². The Morgan fingerprint density at radius 1 is 0.714 bits per heavy atom. The molecule has 0 rings (SSSR count).